The predicted molar refractivity (Wildman–Crippen MR) is 114 cm³/mol. The number of nitro benzene ring substituents is 1. The molecule has 0 spiro atoms. The number of nitrogens with one attached hydrogen (secondary N) is 1. The van der Waals surface area contributed by atoms with Gasteiger partial charge in [-0.25, -0.2) is 0 Å². The summed E-state index contributed by atoms with van der Waals surface area (Å²) in [6.45, 7) is -0.0219. The van der Waals surface area contributed by atoms with E-state index in [4.69, 9.17) is 5.73 Å². The van der Waals surface area contributed by atoms with Crippen LogP contribution in [0.3, 0.4) is 0 Å². The van der Waals surface area contributed by atoms with Crippen molar-refractivity contribution in [3.63, 3.8) is 0 Å². The number of nitrogens with zero attached hydrogens (tertiary/aromatic N) is 1. The summed E-state index contributed by atoms with van der Waals surface area (Å²) in [5.41, 5.74) is 5.03. The molecular weight excluding hydrogens is 443 g/mol. The van der Waals surface area contributed by atoms with E-state index in [2.05, 4.69) is 10.1 Å². The zero-order chi connectivity index (χ0) is 24.4. The van der Waals surface area contributed by atoms with Crippen molar-refractivity contribution in [1.29, 1.82) is 0 Å². The zero-order valence-corrected chi connectivity index (χ0v) is 16.9. The highest BCUT2D eigenvalue weighted by Gasteiger charge is 2.36. The molecule has 3 rings (SSSR count). The molecule has 11 heteroatoms. The lowest BCUT2D eigenvalue weighted by molar-refractivity contribution is -0.384. The third-order valence-electron chi connectivity index (χ3n) is 4.18. The fourth-order valence-electron chi connectivity index (χ4n) is 2.67. The Morgan fingerprint density at radius 3 is 2.21 bits per heavy atom. The van der Waals surface area contributed by atoms with Crippen molar-refractivity contribution in [3.05, 3.63) is 99.6 Å². The molecule has 3 N–H and O–H groups in total. The lowest BCUT2D eigenvalue weighted by Gasteiger charge is -2.15. The summed E-state index contributed by atoms with van der Waals surface area (Å²) < 4.78 is 43.5. The molecule has 1 amide bonds. The van der Waals surface area contributed by atoms with Gasteiger partial charge in [0.15, 0.2) is 5.75 Å². The van der Waals surface area contributed by atoms with Gasteiger partial charge in [0.1, 0.15) is 0 Å². The average Bonchev–Trinajstić information content (AvgIpc) is 2.80. The molecule has 0 saturated heterocycles. The lowest BCUT2D eigenvalue weighted by Crippen LogP contribution is -2.18. The van der Waals surface area contributed by atoms with Gasteiger partial charge in [0.25, 0.3) is 18.1 Å². The minimum Gasteiger partial charge on any atom is -0.427 e. The molecule has 0 saturated carbocycles. The Morgan fingerprint density at radius 1 is 1.03 bits per heavy atom. The maximum atomic E-state index is 13.0. The van der Waals surface area contributed by atoms with Gasteiger partial charge in [0, 0.05) is 24.4 Å². The first-order chi connectivity index (χ1) is 15.7. The topological polar surface area (TPSA) is 125 Å². The fraction of sp³-hybridized carbons (Fsp3) is 0.0909. The third kappa shape index (κ3) is 6.87. The van der Waals surface area contributed by atoms with Crippen molar-refractivity contribution in [3.8, 4) is 5.75 Å². The van der Waals surface area contributed by atoms with Crippen LogP contribution in [0, 0.1) is 10.1 Å². The van der Waals surface area contributed by atoms with Crippen molar-refractivity contribution >= 4 is 23.8 Å². The van der Waals surface area contributed by atoms with Gasteiger partial charge in [-0.05, 0) is 23.8 Å². The van der Waals surface area contributed by atoms with Crippen LogP contribution in [0.5, 0.6) is 5.75 Å². The molecule has 3 aromatic carbocycles. The van der Waals surface area contributed by atoms with E-state index in [1.807, 2.05) is 0 Å². The number of nitro groups is 1. The summed E-state index contributed by atoms with van der Waals surface area (Å²) in [5.74, 6) is -1.69. The van der Waals surface area contributed by atoms with Crippen molar-refractivity contribution in [2.24, 2.45) is 5.73 Å². The van der Waals surface area contributed by atoms with Gasteiger partial charge < -0.3 is 15.8 Å². The summed E-state index contributed by atoms with van der Waals surface area (Å²) in [6, 6.07) is 17.4. The van der Waals surface area contributed by atoms with Crippen molar-refractivity contribution in [2.75, 3.05) is 5.32 Å². The third-order valence-corrected chi connectivity index (χ3v) is 4.18. The number of para-hydroxylation sites is 3. The summed E-state index contributed by atoms with van der Waals surface area (Å²) >= 11 is 0. The first kappa shape index (κ1) is 25.0. The van der Waals surface area contributed by atoms with E-state index < -0.39 is 33.9 Å². The average molecular weight is 461 g/mol. The molecule has 0 aliphatic carbocycles. The van der Waals surface area contributed by atoms with Crippen LogP contribution < -0.4 is 15.8 Å². The Bertz CT molecular complexity index is 1120. The Balaban J connectivity index is 0.000000357. The van der Waals surface area contributed by atoms with Gasteiger partial charge in [-0.1, -0.05) is 42.5 Å². The predicted octanol–water partition coefficient (Wildman–Crippen LogP) is 4.55. The van der Waals surface area contributed by atoms with Crippen molar-refractivity contribution < 1.29 is 32.4 Å². The van der Waals surface area contributed by atoms with Crippen molar-refractivity contribution in [1.82, 2.24) is 0 Å². The second kappa shape index (κ2) is 11.4. The maximum absolute atomic E-state index is 13.0. The first-order valence-corrected chi connectivity index (χ1v) is 9.28. The fourth-order valence-corrected chi connectivity index (χ4v) is 2.67. The van der Waals surface area contributed by atoms with E-state index in [1.54, 1.807) is 42.5 Å². The molecular formula is C22H18F3N3O5. The van der Waals surface area contributed by atoms with Crippen LogP contribution in [0.4, 0.5) is 24.5 Å². The first-order valence-electron chi connectivity index (χ1n) is 9.28. The summed E-state index contributed by atoms with van der Waals surface area (Å²) in [4.78, 5) is 32.5. The molecule has 0 atom stereocenters. The molecule has 0 bridgehead atoms. The number of nitrogens with two attached hydrogens (primary N) is 1. The molecule has 0 aromatic heterocycles. The molecule has 0 radical (unpaired) electrons. The van der Waals surface area contributed by atoms with E-state index in [-0.39, 0.29) is 18.7 Å². The van der Waals surface area contributed by atoms with Crippen molar-refractivity contribution in [2.45, 2.75) is 12.7 Å². The number of hydrogen-bond donors (Lipinski definition) is 2. The monoisotopic (exact) mass is 461 g/mol. The molecule has 0 aliphatic rings. The number of non-ortho nitro benzene ring substituents is 1. The van der Waals surface area contributed by atoms with Crippen LogP contribution in [-0.4, -0.2) is 17.3 Å². The molecule has 0 aliphatic heterocycles. The van der Waals surface area contributed by atoms with E-state index in [1.165, 1.54) is 12.1 Å². The van der Waals surface area contributed by atoms with Gasteiger partial charge >= 0.3 is 6.18 Å². The number of carbonyl (C=O) groups is 2. The molecule has 3 aromatic rings. The number of benzene rings is 3. The highest BCUT2D eigenvalue weighted by molar-refractivity contribution is 6.07. The van der Waals surface area contributed by atoms with Crippen LogP contribution in [0.1, 0.15) is 21.5 Å². The van der Waals surface area contributed by atoms with Gasteiger partial charge in [-0.2, -0.15) is 13.2 Å². The number of alkyl halides is 3. The number of hydrogen-bond acceptors (Lipinski definition) is 6. The SMILES string of the molecule is NCc1ccccc1NC(=O)c1cccc(C(F)(F)F)c1OC=O.O=[N+]([O-])c1ccccc1. The smallest absolute Gasteiger partial charge is 0.420 e. The van der Waals surface area contributed by atoms with Gasteiger partial charge in [0.05, 0.1) is 16.1 Å². The number of halogens is 3. The van der Waals surface area contributed by atoms with E-state index in [9.17, 15) is 32.9 Å². The summed E-state index contributed by atoms with van der Waals surface area (Å²) in [5, 5.41) is 12.5. The maximum Gasteiger partial charge on any atom is 0.420 e. The number of rotatable bonds is 6. The van der Waals surface area contributed by atoms with E-state index >= 15 is 0 Å². The largest absolute Gasteiger partial charge is 0.427 e. The van der Waals surface area contributed by atoms with Crippen LogP contribution >= 0.6 is 0 Å². The van der Waals surface area contributed by atoms with Crippen LogP contribution in [0.15, 0.2) is 72.8 Å². The molecule has 0 heterocycles. The van der Waals surface area contributed by atoms with E-state index in [0.29, 0.717) is 11.3 Å². The Labute approximate surface area is 185 Å². The minimum absolute atomic E-state index is 0.136. The van der Waals surface area contributed by atoms with Crippen LogP contribution in [-0.2, 0) is 17.5 Å². The van der Waals surface area contributed by atoms with E-state index in [0.717, 1.165) is 18.2 Å². The number of carbonyl (C=O) groups excluding carboxylic acids is 2. The number of ether oxygens (including phenoxy) is 1. The van der Waals surface area contributed by atoms with Crippen LogP contribution in [0.2, 0.25) is 0 Å². The normalized spacial score (nSPS) is 10.4. The number of anilines is 1. The quantitative estimate of drug-likeness (QED) is 0.315. The Kier molecular flexibility index (Phi) is 8.64. The molecule has 172 valence electrons. The van der Waals surface area contributed by atoms with Crippen LogP contribution in [0.25, 0.3) is 0 Å². The minimum atomic E-state index is -4.77. The lowest BCUT2D eigenvalue weighted by atomic mass is 10.1. The molecule has 33 heavy (non-hydrogen) atoms. The zero-order valence-electron chi connectivity index (χ0n) is 16.9. The second-order valence-corrected chi connectivity index (χ2v) is 6.30. The van der Waals surface area contributed by atoms with Gasteiger partial charge in [-0.3, -0.25) is 19.7 Å². The second-order valence-electron chi connectivity index (χ2n) is 6.30. The molecule has 0 fully saturated rings. The molecule has 8 nitrogen and oxygen atoms in total. The van der Waals surface area contributed by atoms with Gasteiger partial charge in [0.2, 0.25) is 0 Å². The number of amides is 1. The summed E-state index contributed by atoms with van der Waals surface area (Å²) in [7, 11) is 0. The highest BCUT2D eigenvalue weighted by Crippen LogP contribution is 2.38. The standard InChI is InChI=1S/C16H13F3N2O3.C6H5NO2/c17-16(18,19)12-6-3-5-11(14(12)24-9-22)15(23)21-13-7-2-1-4-10(13)8-20;8-7(9)6-4-2-1-3-5-6/h1-7,9H,8,20H2,(H,21,23);1-5H. The van der Waals surface area contributed by atoms with Gasteiger partial charge in [-0.15, -0.1) is 0 Å². The summed E-state index contributed by atoms with van der Waals surface area (Å²) in [6.07, 6.45) is -4.77. The molecule has 0 unspecified atom stereocenters. The Morgan fingerprint density at radius 2 is 1.67 bits per heavy atom. The Hall–Kier alpha value is -4.25. The highest BCUT2D eigenvalue weighted by atomic mass is 19.4.